The minimum atomic E-state index is -0.760. The van der Waals surface area contributed by atoms with Gasteiger partial charge in [-0.25, -0.2) is 4.98 Å². The van der Waals surface area contributed by atoms with E-state index in [9.17, 15) is 5.11 Å². The molecule has 1 aliphatic rings. The summed E-state index contributed by atoms with van der Waals surface area (Å²) in [5.74, 6) is 0.164. The van der Waals surface area contributed by atoms with Gasteiger partial charge >= 0.3 is 0 Å². The smallest absolute Gasteiger partial charge is 0.226 e. The lowest BCUT2D eigenvalue weighted by atomic mass is 10.2. The van der Waals surface area contributed by atoms with Gasteiger partial charge in [-0.1, -0.05) is 0 Å². The molecular weight excluding hydrogens is 353 g/mol. The molecule has 4 N–H and O–H groups in total. The van der Waals surface area contributed by atoms with E-state index in [1.807, 2.05) is 0 Å². The Kier molecular flexibility index (Phi) is 3.55. The molecule has 3 heterocycles. The van der Waals surface area contributed by atoms with Gasteiger partial charge in [-0.15, -0.1) is 0 Å². The SMILES string of the molecule is Nc1nc(Cl)nc2c1nc(Br)n2C1CC(O)C(CO)O1. The Morgan fingerprint density at radius 1 is 1.45 bits per heavy atom. The van der Waals surface area contributed by atoms with Crippen LogP contribution in [0.5, 0.6) is 0 Å². The minimum Gasteiger partial charge on any atom is -0.394 e. The van der Waals surface area contributed by atoms with Crippen LogP contribution in [0.3, 0.4) is 0 Å². The molecule has 2 aromatic heterocycles. The van der Waals surface area contributed by atoms with Gasteiger partial charge < -0.3 is 20.7 Å². The van der Waals surface area contributed by atoms with E-state index in [1.165, 1.54) is 0 Å². The number of hydrogen-bond donors (Lipinski definition) is 3. The zero-order valence-corrected chi connectivity index (χ0v) is 12.4. The van der Waals surface area contributed by atoms with Crippen LogP contribution in [0, 0.1) is 0 Å². The van der Waals surface area contributed by atoms with Gasteiger partial charge in [0.05, 0.1) is 12.7 Å². The molecule has 3 rings (SSSR count). The van der Waals surface area contributed by atoms with Gasteiger partial charge in [0.2, 0.25) is 5.28 Å². The van der Waals surface area contributed by atoms with Crippen molar-refractivity contribution in [3.05, 3.63) is 10.0 Å². The van der Waals surface area contributed by atoms with E-state index < -0.39 is 18.4 Å². The number of nitrogen functional groups attached to an aromatic ring is 1. The van der Waals surface area contributed by atoms with Crippen LogP contribution in [0.2, 0.25) is 5.28 Å². The maximum atomic E-state index is 9.81. The molecule has 0 aromatic carbocycles. The predicted octanol–water partition coefficient (Wildman–Crippen LogP) is 0.465. The molecule has 0 bridgehead atoms. The number of aliphatic hydroxyl groups excluding tert-OH is 2. The quantitative estimate of drug-likeness (QED) is 0.523. The number of nitrogens with zero attached hydrogens (tertiary/aromatic N) is 4. The van der Waals surface area contributed by atoms with E-state index in [0.29, 0.717) is 22.3 Å². The Labute approximate surface area is 126 Å². The molecule has 3 unspecified atom stereocenters. The Morgan fingerprint density at radius 2 is 2.20 bits per heavy atom. The van der Waals surface area contributed by atoms with Gasteiger partial charge in [0, 0.05) is 6.42 Å². The molecule has 0 radical (unpaired) electrons. The van der Waals surface area contributed by atoms with Crippen LogP contribution in [-0.4, -0.2) is 48.5 Å². The zero-order chi connectivity index (χ0) is 14.4. The van der Waals surface area contributed by atoms with E-state index >= 15 is 0 Å². The van der Waals surface area contributed by atoms with Crippen LogP contribution in [-0.2, 0) is 4.74 Å². The van der Waals surface area contributed by atoms with Crippen molar-refractivity contribution < 1.29 is 14.9 Å². The van der Waals surface area contributed by atoms with Crippen molar-refractivity contribution in [3.8, 4) is 0 Å². The van der Waals surface area contributed by atoms with Gasteiger partial charge in [0.25, 0.3) is 0 Å². The molecule has 0 amide bonds. The summed E-state index contributed by atoms with van der Waals surface area (Å²) in [5, 5.41) is 18.9. The van der Waals surface area contributed by atoms with E-state index in [0.717, 1.165) is 0 Å². The third kappa shape index (κ3) is 2.15. The summed E-state index contributed by atoms with van der Waals surface area (Å²) in [6.07, 6.45) is -1.62. The first kappa shape index (κ1) is 14.0. The maximum absolute atomic E-state index is 9.81. The van der Waals surface area contributed by atoms with Gasteiger partial charge in [-0.3, -0.25) is 4.57 Å². The van der Waals surface area contributed by atoms with E-state index in [-0.39, 0.29) is 17.7 Å². The zero-order valence-electron chi connectivity index (χ0n) is 10.1. The molecule has 108 valence electrons. The summed E-state index contributed by atoms with van der Waals surface area (Å²) < 4.78 is 7.64. The average Bonchev–Trinajstić information content (AvgIpc) is 2.89. The second-order valence-corrected chi connectivity index (χ2v) is 5.46. The number of aromatic nitrogens is 4. The highest BCUT2D eigenvalue weighted by Gasteiger charge is 2.36. The van der Waals surface area contributed by atoms with Crippen LogP contribution >= 0.6 is 27.5 Å². The Hall–Kier alpha value is -1.00. The van der Waals surface area contributed by atoms with E-state index in [1.54, 1.807) is 4.57 Å². The van der Waals surface area contributed by atoms with Gasteiger partial charge in [-0.05, 0) is 27.5 Å². The molecule has 0 spiro atoms. The first-order chi connectivity index (χ1) is 9.51. The minimum absolute atomic E-state index is 0.000837. The first-order valence-electron chi connectivity index (χ1n) is 5.82. The number of ether oxygens (including phenoxy) is 1. The van der Waals surface area contributed by atoms with Crippen LogP contribution in [0.1, 0.15) is 12.6 Å². The van der Waals surface area contributed by atoms with Crippen molar-refractivity contribution in [1.82, 2.24) is 19.5 Å². The second kappa shape index (κ2) is 5.08. The van der Waals surface area contributed by atoms with Gasteiger partial charge in [-0.2, -0.15) is 9.97 Å². The standard InChI is InChI=1S/C10H11BrClN5O3/c11-9-14-6-7(13)15-10(12)16-8(6)17(9)5-1-3(19)4(2-18)20-5/h3-5,18-19H,1-2H2,(H2,13,15,16). The molecule has 0 saturated carbocycles. The number of aliphatic hydroxyl groups is 2. The summed E-state index contributed by atoms with van der Waals surface area (Å²) in [5.41, 5.74) is 6.56. The average molecular weight is 365 g/mol. The summed E-state index contributed by atoms with van der Waals surface area (Å²) in [7, 11) is 0. The van der Waals surface area contributed by atoms with Crippen LogP contribution in [0.15, 0.2) is 4.73 Å². The van der Waals surface area contributed by atoms with Crippen molar-refractivity contribution in [2.75, 3.05) is 12.3 Å². The number of fused-ring (bicyclic) bond motifs is 1. The summed E-state index contributed by atoms with van der Waals surface area (Å²) in [4.78, 5) is 12.2. The molecule has 1 saturated heterocycles. The van der Waals surface area contributed by atoms with Crippen LogP contribution in [0.25, 0.3) is 11.2 Å². The second-order valence-electron chi connectivity index (χ2n) is 4.42. The number of nitrogens with two attached hydrogens (primary N) is 1. The summed E-state index contributed by atoms with van der Waals surface area (Å²) >= 11 is 9.11. The van der Waals surface area contributed by atoms with Crippen molar-refractivity contribution in [3.63, 3.8) is 0 Å². The Balaban J connectivity index is 2.10. The number of halogens is 2. The number of rotatable bonds is 2. The highest BCUT2D eigenvalue weighted by molar-refractivity contribution is 9.10. The molecule has 8 nitrogen and oxygen atoms in total. The number of imidazole rings is 1. The number of anilines is 1. The fraction of sp³-hybridized carbons (Fsp3) is 0.500. The molecule has 2 aromatic rings. The fourth-order valence-corrected chi connectivity index (χ4v) is 2.98. The molecule has 1 fully saturated rings. The van der Waals surface area contributed by atoms with E-state index in [2.05, 4.69) is 30.9 Å². The lowest BCUT2D eigenvalue weighted by molar-refractivity contribution is -0.0439. The lowest BCUT2D eigenvalue weighted by Crippen LogP contribution is -2.24. The fourth-order valence-electron chi connectivity index (χ4n) is 2.23. The topological polar surface area (TPSA) is 119 Å². The predicted molar refractivity (Wildman–Crippen MR) is 74.1 cm³/mol. The Bertz CT molecular complexity index is 666. The Morgan fingerprint density at radius 3 is 2.85 bits per heavy atom. The number of hydrogen-bond acceptors (Lipinski definition) is 7. The molecule has 10 heteroatoms. The van der Waals surface area contributed by atoms with Crippen LogP contribution in [0.4, 0.5) is 5.82 Å². The van der Waals surface area contributed by atoms with Crippen molar-refractivity contribution in [2.45, 2.75) is 24.9 Å². The van der Waals surface area contributed by atoms with Crippen LogP contribution < -0.4 is 5.73 Å². The van der Waals surface area contributed by atoms with Crippen molar-refractivity contribution in [2.24, 2.45) is 0 Å². The third-order valence-electron chi connectivity index (χ3n) is 3.17. The van der Waals surface area contributed by atoms with Crippen molar-refractivity contribution in [1.29, 1.82) is 0 Å². The largest absolute Gasteiger partial charge is 0.394 e. The first-order valence-corrected chi connectivity index (χ1v) is 6.99. The summed E-state index contributed by atoms with van der Waals surface area (Å²) in [6.45, 7) is -0.264. The monoisotopic (exact) mass is 363 g/mol. The lowest BCUT2D eigenvalue weighted by Gasteiger charge is -2.14. The van der Waals surface area contributed by atoms with Gasteiger partial charge in [0.15, 0.2) is 21.7 Å². The highest BCUT2D eigenvalue weighted by Crippen LogP contribution is 2.34. The van der Waals surface area contributed by atoms with Gasteiger partial charge in [0.1, 0.15) is 12.3 Å². The summed E-state index contributed by atoms with van der Waals surface area (Å²) in [6, 6.07) is 0. The van der Waals surface area contributed by atoms with Crippen molar-refractivity contribution >= 4 is 44.5 Å². The molecule has 3 atom stereocenters. The maximum Gasteiger partial charge on any atom is 0.226 e. The highest BCUT2D eigenvalue weighted by atomic mass is 79.9. The third-order valence-corrected chi connectivity index (χ3v) is 3.90. The molecular formula is C10H11BrClN5O3. The molecule has 20 heavy (non-hydrogen) atoms. The molecule has 0 aliphatic carbocycles. The molecule has 1 aliphatic heterocycles. The normalized spacial score (nSPS) is 26.5. The van der Waals surface area contributed by atoms with E-state index in [4.69, 9.17) is 27.2 Å².